The summed E-state index contributed by atoms with van der Waals surface area (Å²) in [5.41, 5.74) is 0.392. The molecule has 1 spiro atoms. The van der Waals surface area contributed by atoms with Gasteiger partial charge in [-0.15, -0.1) is 12.4 Å². The summed E-state index contributed by atoms with van der Waals surface area (Å²) in [6.45, 7) is 7.71. The average Bonchev–Trinajstić information content (AvgIpc) is 3.06. The molecule has 4 heteroatoms. The lowest BCUT2D eigenvalue weighted by Gasteiger charge is -2.37. The summed E-state index contributed by atoms with van der Waals surface area (Å²) in [5, 5.41) is 3.41. The fourth-order valence-corrected chi connectivity index (χ4v) is 3.97. The van der Waals surface area contributed by atoms with E-state index < -0.39 is 0 Å². The summed E-state index contributed by atoms with van der Waals surface area (Å²) >= 11 is 0. The van der Waals surface area contributed by atoms with Crippen LogP contribution in [-0.4, -0.2) is 36.5 Å². The molecule has 3 rings (SSSR count). The molecule has 3 nitrogen and oxygen atoms in total. The number of hydrogen-bond acceptors (Lipinski definition) is 2. The van der Waals surface area contributed by atoms with Crippen LogP contribution in [0.5, 0.6) is 0 Å². The second-order valence-electron chi connectivity index (χ2n) is 6.89. The topological polar surface area (TPSA) is 32.3 Å². The molecule has 1 amide bonds. The minimum atomic E-state index is 0. The van der Waals surface area contributed by atoms with Gasteiger partial charge in [-0.25, -0.2) is 0 Å². The largest absolute Gasteiger partial charge is 0.339 e. The van der Waals surface area contributed by atoms with Crippen molar-refractivity contribution in [2.45, 2.75) is 52.0 Å². The minimum Gasteiger partial charge on any atom is -0.339 e. The number of likely N-dealkylation sites (tertiary alicyclic amines) is 1. The van der Waals surface area contributed by atoms with E-state index in [0.717, 1.165) is 26.1 Å². The summed E-state index contributed by atoms with van der Waals surface area (Å²) < 4.78 is 0. The van der Waals surface area contributed by atoms with Crippen LogP contribution in [0.1, 0.15) is 46.0 Å². The highest BCUT2D eigenvalue weighted by Gasteiger charge is 2.58. The number of carbonyl (C=O) groups excluding carboxylic acids is 1. The Morgan fingerprint density at radius 3 is 2.58 bits per heavy atom. The van der Waals surface area contributed by atoms with E-state index in [1.54, 1.807) is 0 Å². The van der Waals surface area contributed by atoms with Crippen molar-refractivity contribution in [3.63, 3.8) is 0 Å². The standard InChI is InChI=1S/C15H26N2O.ClH/c1-11-3-4-12(2)17(10-11)14(18)13-9-15(13)5-7-16-8-6-15;/h11-13,16H,3-10H2,1-2H3;1H. The van der Waals surface area contributed by atoms with Gasteiger partial charge in [0.05, 0.1) is 0 Å². The predicted molar refractivity (Wildman–Crippen MR) is 79.5 cm³/mol. The Morgan fingerprint density at radius 1 is 1.21 bits per heavy atom. The number of piperidine rings is 2. The molecule has 0 aromatic heterocycles. The summed E-state index contributed by atoms with van der Waals surface area (Å²) in [4.78, 5) is 14.9. The number of nitrogens with zero attached hydrogens (tertiary/aromatic N) is 1. The lowest BCUT2D eigenvalue weighted by atomic mass is 9.90. The van der Waals surface area contributed by atoms with Gasteiger partial charge in [0.15, 0.2) is 0 Å². The molecule has 3 atom stereocenters. The smallest absolute Gasteiger partial charge is 0.226 e. The number of nitrogens with one attached hydrogen (secondary N) is 1. The zero-order valence-corrected chi connectivity index (χ0v) is 13.0. The molecule has 2 heterocycles. The third kappa shape index (κ3) is 2.78. The van der Waals surface area contributed by atoms with E-state index in [-0.39, 0.29) is 12.4 Å². The van der Waals surface area contributed by atoms with Crippen molar-refractivity contribution in [1.82, 2.24) is 10.2 Å². The first-order valence-corrected chi connectivity index (χ1v) is 7.63. The minimum absolute atomic E-state index is 0. The van der Waals surface area contributed by atoms with Crippen LogP contribution in [0, 0.1) is 17.3 Å². The van der Waals surface area contributed by atoms with Crippen LogP contribution < -0.4 is 5.32 Å². The fraction of sp³-hybridized carbons (Fsp3) is 0.933. The molecule has 0 aromatic rings. The van der Waals surface area contributed by atoms with Gasteiger partial charge in [-0.3, -0.25) is 4.79 Å². The lowest BCUT2D eigenvalue weighted by molar-refractivity contribution is -0.138. The van der Waals surface area contributed by atoms with Gasteiger partial charge in [0.2, 0.25) is 5.91 Å². The SMILES string of the molecule is CC1CCC(C)N(C(=O)C2CC23CCNCC3)C1.Cl. The van der Waals surface area contributed by atoms with Gasteiger partial charge in [-0.1, -0.05) is 6.92 Å². The van der Waals surface area contributed by atoms with E-state index in [1.165, 1.54) is 25.7 Å². The molecule has 2 aliphatic heterocycles. The van der Waals surface area contributed by atoms with Gasteiger partial charge in [0.1, 0.15) is 0 Å². The number of halogens is 1. The van der Waals surface area contributed by atoms with E-state index in [4.69, 9.17) is 0 Å². The maximum atomic E-state index is 12.7. The van der Waals surface area contributed by atoms with Crippen molar-refractivity contribution in [2.75, 3.05) is 19.6 Å². The zero-order valence-electron chi connectivity index (χ0n) is 12.2. The number of carbonyl (C=O) groups is 1. The molecule has 110 valence electrons. The molecule has 3 fully saturated rings. The Hall–Kier alpha value is -0.280. The maximum Gasteiger partial charge on any atom is 0.226 e. The van der Waals surface area contributed by atoms with Crippen LogP contribution >= 0.6 is 12.4 Å². The van der Waals surface area contributed by atoms with Gasteiger partial charge in [-0.2, -0.15) is 0 Å². The van der Waals surface area contributed by atoms with Crippen molar-refractivity contribution < 1.29 is 4.79 Å². The fourth-order valence-electron chi connectivity index (χ4n) is 3.97. The second-order valence-corrected chi connectivity index (χ2v) is 6.89. The molecular weight excluding hydrogens is 260 g/mol. The Bertz CT molecular complexity index is 341. The molecule has 0 radical (unpaired) electrons. The van der Waals surface area contributed by atoms with Gasteiger partial charge >= 0.3 is 0 Å². The van der Waals surface area contributed by atoms with Crippen LogP contribution in [-0.2, 0) is 4.79 Å². The molecule has 3 aliphatic rings. The van der Waals surface area contributed by atoms with E-state index in [0.29, 0.717) is 29.2 Å². The number of amides is 1. The average molecular weight is 287 g/mol. The highest BCUT2D eigenvalue weighted by molar-refractivity contribution is 5.85. The molecule has 0 aromatic carbocycles. The normalized spacial score (nSPS) is 36.7. The highest BCUT2D eigenvalue weighted by atomic mass is 35.5. The van der Waals surface area contributed by atoms with E-state index in [2.05, 4.69) is 24.1 Å². The number of hydrogen-bond donors (Lipinski definition) is 1. The van der Waals surface area contributed by atoms with E-state index in [1.807, 2.05) is 0 Å². The van der Waals surface area contributed by atoms with Crippen LogP contribution in [0.25, 0.3) is 0 Å². The van der Waals surface area contributed by atoms with E-state index >= 15 is 0 Å². The summed E-state index contributed by atoms with van der Waals surface area (Å²) in [6.07, 6.45) is 6.05. The van der Waals surface area contributed by atoms with Gasteiger partial charge < -0.3 is 10.2 Å². The molecule has 0 bridgehead atoms. The van der Waals surface area contributed by atoms with Gasteiger partial charge in [0.25, 0.3) is 0 Å². The summed E-state index contributed by atoms with van der Waals surface area (Å²) in [6, 6.07) is 0.466. The van der Waals surface area contributed by atoms with Gasteiger partial charge in [-0.05, 0) is 63.5 Å². The quantitative estimate of drug-likeness (QED) is 0.803. The Morgan fingerprint density at radius 2 is 1.89 bits per heavy atom. The van der Waals surface area contributed by atoms with Gasteiger partial charge in [0, 0.05) is 18.5 Å². The lowest BCUT2D eigenvalue weighted by Crippen LogP contribution is -2.46. The summed E-state index contributed by atoms with van der Waals surface area (Å²) in [7, 11) is 0. The predicted octanol–water partition coefficient (Wildman–Crippen LogP) is 2.44. The second kappa shape index (κ2) is 5.61. The zero-order chi connectivity index (χ0) is 12.8. The molecule has 1 aliphatic carbocycles. The number of rotatable bonds is 1. The first-order valence-electron chi connectivity index (χ1n) is 7.63. The molecule has 2 saturated heterocycles. The first kappa shape index (κ1) is 15.1. The maximum absolute atomic E-state index is 12.7. The monoisotopic (exact) mass is 286 g/mol. The van der Waals surface area contributed by atoms with Crippen LogP contribution in [0.3, 0.4) is 0 Å². The van der Waals surface area contributed by atoms with Crippen molar-refractivity contribution >= 4 is 18.3 Å². The van der Waals surface area contributed by atoms with Crippen molar-refractivity contribution in [3.05, 3.63) is 0 Å². The van der Waals surface area contributed by atoms with Crippen LogP contribution in [0.4, 0.5) is 0 Å². The first-order chi connectivity index (χ1) is 8.62. The third-order valence-electron chi connectivity index (χ3n) is 5.49. The van der Waals surface area contributed by atoms with E-state index in [9.17, 15) is 4.79 Å². The summed E-state index contributed by atoms with van der Waals surface area (Å²) in [5.74, 6) is 1.51. The van der Waals surface area contributed by atoms with Crippen molar-refractivity contribution in [3.8, 4) is 0 Å². The third-order valence-corrected chi connectivity index (χ3v) is 5.49. The molecule has 1 N–H and O–H groups in total. The van der Waals surface area contributed by atoms with Crippen LogP contribution in [0.15, 0.2) is 0 Å². The highest BCUT2D eigenvalue weighted by Crippen LogP contribution is 2.59. The molecule has 1 saturated carbocycles. The molecule has 3 unspecified atom stereocenters. The Balaban J connectivity index is 0.00000133. The Labute approximate surface area is 122 Å². The Kier molecular flexibility index (Phi) is 4.46. The van der Waals surface area contributed by atoms with Crippen LogP contribution in [0.2, 0.25) is 0 Å². The molecule has 19 heavy (non-hydrogen) atoms. The van der Waals surface area contributed by atoms with Crippen molar-refractivity contribution in [2.24, 2.45) is 17.3 Å². The van der Waals surface area contributed by atoms with Crippen molar-refractivity contribution in [1.29, 1.82) is 0 Å². The molecular formula is C15H27ClN2O.